The second kappa shape index (κ2) is 6.15. The number of hydrogen-bond acceptors (Lipinski definition) is 1. The maximum atomic E-state index is 5.96. The third kappa shape index (κ3) is 2.91. The molecule has 2 fully saturated rings. The van der Waals surface area contributed by atoms with Gasteiger partial charge in [-0.15, -0.1) is 24.0 Å². The average Bonchev–Trinajstić information content (AvgIpc) is 2.94. The molecule has 0 radical (unpaired) electrons. The van der Waals surface area contributed by atoms with Crippen LogP contribution in [-0.4, -0.2) is 19.0 Å². The minimum atomic E-state index is 0. The van der Waals surface area contributed by atoms with Crippen LogP contribution in [0.2, 0.25) is 0 Å². The van der Waals surface area contributed by atoms with Crippen LogP contribution >= 0.6 is 24.0 Å². The van der Waals surface area contributed by atoms with Gasteiger partial charge in [0.2, 0.25) is 0 Å². The maximum absolute atomic E-state index is 5.96. The van der Waals surface area contributed by atoms with Gasteiger partial charge in [-0.25, -0.2) is 0 Å². The lowest BCUT2D eigenvalue weighted by atomic mass is 9.86. The number of nitrogens with two attached hydrogens (primary N) is 1. The number of rotatable bonds is 4. The highest BCUT2D eigenvalue weighted by atomic mass is 127. The van der Waals surface area contributed by atoms with Crippen molar-refractivity contribution in [3.8, 4) is 0 Å². The first-order chi connectivity index (χ1) is 9.83. The molecule has 3 aliphatic carbocycles. The number of halogens is 1. The van der Waals surface area contributed by atoms with Gasteiger partial charge in [-0.05, 0) is 54.1 Å². The summed E-state index contributed by atoms with van der Waals surface area (Å²) in [6.45, 7) is 1.91. The topological polar surface area (TPSA) is 50.4 Å². The van der Waals surface area contributed by atoms with E-state index in [1.54, 1.807) is 11.1 Å². The van der Waals surface area contributed by atoms with E-state index in [9.17, 15) is 0 Å². The molecular weight excluding hydrogens is 373 g/mol. The molecule has 0 aromatic heterocycles. The van der Waals surface area contributed by atoms with Crippen molar-refractivity contribution in [1.82, 2.24) is 5.32 Å². The van der Waals surface area contributed by atoms with Crippen molar-refractivity contribution in [2.24, 2.45) is 28.5 Å². The summed E-state index contributed by atoms with van der Waals surface area (Å²) in [5.41, 5.74) is 9.10. The number of fused-ring (bicyclic) bond motifs is 3. The first-order valence-electron chi connectivity index (χ1n) is 7.94. The van der Waals surface area contributed by atoms with Crippen LogP contribution in [0.15, 0.2) is 29.3 Å². The van der Waals surface area contributed by atoms with Crippen LogP contribution in [0, 0.1) is 17.8 Å². The Bertz CT molecular complexity index is 539. The zero-order valence-corrected chi connectivity index (χ0v) is 14.6. The quantitative estimate of drug-likeness (QED) is 0.467. The predicted molar refractivity (Wildman–Crippen MR) is 97.1 cm³/mol. The van der Waals surface area contributed by atoms with Crippen molar-refractivity contribution in [3.63, 3.8) is 0 Å². The molecule has 1 aromatic carbocycles. The van der Waals surface area contributed by atoms with Gasteiger partial charge in [-0.2, -0.15) is 0 Å². The van der Waals surface area contributed by atoms with Crippen molar-refractivity contribution in [1.29, 1.82) is 0 Å². The summed E-state index contributed by atoms with van der Waals surface area (Å²) in [5, 5.41) is 3.34. The van der Waals surface area contributed by atoms with Gasteiger partial charge in [0.25, 0.3) is 0 Å². The number of benzene rings is 1. The zero-order chi connectivity index (χ0) is 13.5. The molecule has 21 heavy (non-hydrogen) atoms. The van der Waals surface area contributed by atoms with Crippen LogP contribution in [0.3, 0.4) is 0 Å². The molecule has 4 heteroatoms. The van der Waals surface area contributed by atoms with Crippen molar-refractivity contribution >= 4 is 29.9 Å². The molecule has 4 rings (SSSR count). The first-order valence-corrected chi connectivity index (χ1v) is 7.94. The van der Waals surface area contributed by atoms with Gasteiger partial charge >= 0.3 is 0 Å². The van der Waals surface area contributed by atoms with E-state index in [1.165, 1.54) is 25.7 Å². The number of nitrogens with zero attached hydrogens (tertiary/aromatic N) is 1. The SMILES string of the molecule is I.NC(=NCC1CCC1)NCC1C2Cc3ccccc3C12. The lowest BCUT2D eigenvalue weighted by Gasteiger charge is -2.23. The van der Waals surface area contributed by atoms with Crippen LogP contribution in [0.5, 0.6) is 0 Å². The molecule has 3 unspecified atom stereocenters. The summed E-state index contributed by atoms with van der Waals surface area (Å²) in [7, 11) is 0. The number of nitrogens with one attached hydrogen (secondary N) is 1. The molecule has 2 saturated carbocycles. The molecule has 0 bridgehead atoms. The van der Waals surface area contributed by atoms with Gasteiger partial charge in [0, 0.05) is 13.1 Å². The predicted octanol–water partition coefficient (Wildman–Crippen LogP) is 2.89. The first kappa shape index (κ1) is 15.1. The van der Waals surface area contributed by atoms with Gasteiger partial charge in [0.1, 0.15) is 0 Å². The van der Waals surface area contributed by atoms with Crippen molar-refractivity contribution in [2.75, 3.05) is 13.1 Å². The lowest BCUT2D eigenvalue weighted by Crippen LogP contribution is -2.34. The van der Waals surface area contributed by atoms with Crippen molar-refractivity contribution in [3.05, 3.63) is 35.4 Å². The van der Waals surface area contributed by atoms with Gasteiger partial charge in [0.05, 0.1) is 0 Å². The Morgan fingerprint density at radius 2 is 2.10 bits per heavy atom. The van der Waals surface area contributed by atoms with Crippen LogP contribution in [-0.2, 0) is 6.42 Å². The van der Waals surface area contributed by atoms with E-state index in [0.29, 0.717) is 5.96 Å². The van der Waals surface area contributed by atoms with Crippen LogP contribution in [0.25, 0.3) is 0 Å². The third-order valence-corrected chi connectivity index (χ3v) is 5.46. The fourth-order valence-corrected chi connectivity index (χ4v) is 3.94. The maximum Gasteiger partial charge on any atom is 0.188 e. The molecule has 114 valence electrons. The zero-order valence-electron chi connectivity index (χ0n) is 12.3. The Morgan fingerprint density at radius 3 is 2.86 bits per heavy atom. The van der Waals surface area contributed by atoms with E-state index < -0.39 is 0 Å². The number of hydrogen-bond donors (Lipinski definition) is 2. The summed E-state index contributed by atoms with van der Waals surface area (Å²) in [6.07, 6.45) is 5.30. The van der Waals surface area contributed by atoms with E-state index in [1.807, 2.05) is 0 Å². The molecule has 3 N–H and O–H groups in total. The van der Waals surface area contributed by atoms with E-state index in [4.69, 9.17) is 5.73 Å². The third-order valence-electron chi connectivity index (χ3n) is 5.46. The monoisotopic (exact) mass is 397 g/mol. The van der Waals surface area contributed by atoms with E-state index in [0.717, 1.165) is 36.8 Å². The fraction of sp³-hybridized carbons (Fsp3) is 0.588. The standard InChI is InChI=1S/C17H23N3.HI/c18-17(19-9-11-4-3-5-11)20-10-15-14-8-12-6-1-2-7-13(12)16(14)15;/h1-2,6-7,11,14-16H,3-5,8-10H2,(H3,18,19,20);1H. The second-order valence-electron chi connectivity index (χ2n) is 6.66. The summed E-state index contributed by atoms with van der Waals surface area (Å²) in [6, 6.07) is 8.90. The fourth-order valence-electron chi connectivity index (χ4n) is 3.94. The molecule has 0 saturated heterocycles. The Kier molecular flexibility index (Phi) is 4.43. The highest BCUT2D eigenvalue weighted by Gasteiger charge is 2.54. The second-order valence-corrected chi connectivity index (χ2v) is 6.66. The summed E-state index contributed by atoms with van der Waals surface area (Å²) >= 11 is 0. The summed E-state index contributed by atoms with van der Waals surface area (Å²) in [5.74, 6) is 3.83. The summed E-state index contributed by atoms with van der Waals surface area (Å²) in [4.78, 5) is 4.47. The van der Waals surface area contributed by atoms with Gasteiger partial charge in [0.15, 0.2) is 5.96 Å². The average molecular weight is 397 g/mol. The molecule has 0 aliphatic heterocycles. The molecule has 3 nitrogen and oxygen atoms in total. The number of guanidine groups is 1. The Hall–Kier alpha value is -0.780. The lowest BCUT2D eigenvalue weighted by molar-refractivity contribution is 0.326. The molecule has 1 aromatic rings. The molecule has 0 spiro atoms. The largest absolute Gasteiger partial charge is 0.370 e. The van der Waals surface area contributed by atoms with Gasteiger partial charge < -0.3 is 11.1 Å². The smallest absolute Gasteiger partial charge is 0.188 e. The Morgan fingerprint density at radius 1 is 1.29 bits per heavy atom. The van der Waals surface area contributed by atoms with E-state index in [2.05, 4.69) is 34.6 Å². The molecule has 0 heterocycles. The Labute approximate surface area is 143 Å². The molecule has 0 amide bonds. The summed E-state index contributed by atoms with van der Waals surface area (Å²) < 4.78 is 0. The van der Waals surface area contributed by atoms with Crippen LogP contribution in [0.1, 0.15) is 36.3 Å². The minimum Gasteiger partial charge on any atom is -0.370 e. The molecular formula is C17H24IN3. The van der Waals surface area contributed by atoms with Gasteiger partial charge in [-0.1, -0.05) is 30.7 Å². The van der Waals surface area contributed by atoms with Crippen LogP contribution in [0.4, 0.5) is 0 Å². The normalized spacial score (nSPS) is 29.9. The van der Waals surface area contributed by atoms with Crippen molar-refractivity contribution in [2.45, 2.75) is 31.6 Å². The minimum absolute atomic E-state index is 0. The van der Waals surface area contributed by atoms with Crippen molar-refractivity contribution < 1.29 is 0 Å². The molecule has 3 atom stereocenters. The Balaban J connectivity index is 0.00000132. The number of aliphatic imine (C=N–C) groups is 1. The highest BCUT2D eigenvalue weighted by Crippen LogP contribution is 2.60. The molecule has 3 aliphatic rings. The van der Waals surface area contributed by atoms with E-state index >= 15 is 0 Å². The van der Waals surface area contributed by atoms with Crippen LogP contribution < -0.4 is 11.1 Å². The van der Waals surface area contributed by atoms with E-state index in [-0.39, 0.29) is 24.0 Å². The highest BCUT2D eigenvalue weighted by molar-refractivity contribution is 14.0. The van der Waals surface area contributed by atoms with Gasteiger partial charge in [-0.3, -0.25) is 4.99 Å².